The van der Waals surface area contributed by atoms with Gasteiger partial charge in [-0.05, 0) is 97.2 Å². The average molecular weight is 437 g/mol. The van der Waals surface area contributed by atoms with Crippen LogP contribution in [0.4, 0.5) is 0 Å². The largest absolute Gasteiger partial charge is 0.249 e. The van der Waals surface area contributed by atoms with Crippen molar-refractivity contribution in [3.63, 3.8) is 0 Å². The molecule has 0 aromatic rings. The third-order valence-corrected chi connectivity index (χ3v) is 11.2. The van der Waals surface area contributed by atoms with Crippen molar-refractivity contribution in [1.29, 1.82) is 0 Å². The predicted molar refractivity (Wildman–Crippen MR) is 123 cm³/mol. The molecule has 4 saturated carbocycles. The first-order chi connectivity index (χ1) is 14.7. The van der Waals surface area contributed by atoms with E-state index in [9.17, 15) is 10.5 Å². The quantitative estimate of drug-likeness (QED) is 0.243. The monoisotopic (exact) mass is 436 g/mol. The number of hydrogen-bond acceptors (Lipinski definition) is 4. The highest BCUT2D eigenvalue weighted by atomic mass is 17.2. The molecule has 1 unspecified atom stereocenters. The third-order valence-electron chi connectivity index (χ3n) is 11.2. The molecule has 2 N–H and O–H groups in total. The van der Waals surface area contributed by atoms with E-state index < -0.39 is 5.79 Å². The normalized spacial score (nSPS) is 45.1. The van der Waals surface area contributed by atoms with E-state index in [0.29, 0.717) is 24.2 Å². The maximum atomic E-state index is 9.39. The number of fused-ring (bicyclic) bond motifs is 5. The molecule has 4 nitrogen and oxygen atoms in total. The summed E-state index contributed by atoms with van der Waals surface area (Å²) in [4.78, 5) is 9.32. The van der Waals surface area contributed by atoms with Gasteiger partial charge in [0, 0.05) is 12.8 Å². The number of hydrogen-bond donors (Lipinski definition) is 2. The molecule has 0 spiro atoms. The van der Waals surface area contributed by atoms with Gasteiger partial charge in [0.05, 0.1) is 0 Å². The van der Waals surface area contributed by atoms with Crippen LogP contribution in [0.2, 0.25) is 0 Å². The fourth-order valence-electron chi connectivity index (χ4n) is 9.40. The maximum absolute atomic E-state index is 9.39. The van der Waals surface area contributed by atoms with Gasteiger partial charge >= 0.3 is 0 Å². The lowest BCUT2D eigenvalue weighted by Gasteiger charge is -2.62. The summed E-state index contributed by atoms with van der Waals surface area (Å²) < 4.78 is 0. The first kappa shape index (κ1) is 24.0. The summed E-state index contributed by atoms with van der Waals surface area (Å²) in [6.07, 6.45) is 14.4. The highest BCUT2D eigenvalue weighted by Crippen LogP contribution is 2.69. The second kappa shape index (κ2) is 8.89. The van der Waals surface area contributed by atoms with E-state index in [4.69, 9.17) is 0 Å². The zero-order valence-electron chi connectivity index (χ0n) is 20.7. The van der Waals surface area contributed by atoms with Gasteiger partial charge in [0.25, 0.3) is 0 Å². The fourth-order valence-corrected chi connectivity index (χ4v) is 9.40. The lowest BCUT2D eigenvalue weighted by molar-refractivity contribution is -0.499. The van der Waals surface area contributed by atoms with Crippen LogP contribution in [0.25, 0.3) is 0 Å². The molecular weight excluding hydrogens is 388 g/mol. The summed E-state index contributed by atoms with van der Waals surface area (Å²) in [6, 6.07) is 0. The Morgan fingerprint density at radius 3 is 2.19 bits per heavy atom. The Bertz CT molecular complexity index is 616. The van der Waals surface area contributed by atoms with Crippen LogP contribution < -0.4 is 0 Å². The van der Waals surface area contributed by atoms with Crippen LogP contribution in [0.5, 0.6) is 0 Å². The Morgan fingerprint density at radius 2 is 1.52 bits per heavy atom. The molecule has 8 atom stereocenters. The molecule has 0 amide bonds. The van der Waals surface area contributed by atoms with Crippen LogP contribution >= 0.6 is 0 Å². The highest BCUT2D eigenvalue weighted by Gasteiger charge is 2.62. The minimum Gasteiger partial charge on any atom is -0.249 e. The minimum atomic E-state index is -1.20. The molecule has 4 heteroatoms. The van der Waals surface area contributed by atoms with Gasteiger partial charge in [-0.3, -0.25) is 0 Å². The van der Waals surface area contributed by atoms with Gasteiger partial charge in [-0.25, -0.2) is 20.3 Å². The lowest BCUT2D eigenvalue weighted by Crippen LogP contribution is -2.56. The van der Waals surface area contributed by atoms with Gasteiger partial charge in [0.15, 0.2) is 0 Å². The molecule has 4 aliphatic carbocycles. The van der Waals surface area contributed by atoms with E-state index in [1.54, 1.807) is 0 Å². The Hall–Kier alpha value is -0.160. The lowest BCUT2D eigenvalue weighted by atomic mass is 9.44. The summed E-state index contributed by atoms with van der Waals surface area (Å²) in [7, 11) is 0. The zero-order valence-corrected chi connectivity index (χ0v) is 20.7. The van der Waals surface area contributed by atoms with Crippen LogP contribution in [0, 0.1) is 52.3 Å². The van der Waals surface area contributed by atoms with Gasteiger partial charge in [-0.2, -0.15) is 0 Å². The van der Waals surface area contributed by atoms with Crippen molar-refractivity contribution in [2.45, 2.75) is 117 Å². The molecule has 0 aromatic heterocycles. The molecule has 0 radical (unpaired) electrons. The molecule has 4 rings (SSSR count). The Labute approximate surface area is 190 Å². The summed E-state index contributed by atoms with van der Waals surface area (Å²) in [6.45, 7) is 12.4. The second-order valence-corrected chi connectivity index (χ2v) is 13.0. The second-order valence-electron chi connectivity index (χ2n) is 13.0. The number of rotatable bonds is 7. The molecule has 4 fully saturated rings. The third kappa shape index (κ3) is 4.02. The Balaban J connectivity index is 1.46. The van der Waals surface area contributed by atoms with Gasteiger partial charge in [-0.1, -0.05) is 53.9 Å². The van der Waals surface area contributed by atoms with E-state index in [1.807, 2.05) is 0 Å². The maximum Gasteiger partial charge on any atom is 0.233 e. The van der Waals surface area contributed by atoms with E-state index >= 15 is 0 Å². The van der Waals surface area contributed by atoms with E-state index in [2.05, 4.69) is 44.4 Å². The van der Waals surface area contributed by atoms with E-state index in [-0.39, 0.29) is 5.41 Å². The standard InChI is InChI=1S/C27H48O4/c1-18(2)7-6-8-19(3)22-11-12-23-21-10-9-20-17-27(30-28,31-29)16-15-25(20,4)24(21)13-14-26(22,23)5/h18-24,28-29H,6-17H2,1-5H3/t19-,20+,21+,22?,23+,24+,25+,26-/m1/s1. The van der Waals surface area contributed by atoms with Crippen LogP contribution in [0.1, 0.15) is 112 Å². The first-order valence-corrected chi connectivity index (χ1v) is 13.3. The van der Waals surface area contributed by atoms with Crippen LogP contribution in [-0.2, 0) is 9.78 Å². The minimum absolute atomic E-state index is 0.284. The summed E-state index contributed by atoms with van der Waals surface area (Å²) in [5, 5.41) is 18.8. The first-order valence-electron chi connectivity index (χ1n) is 13.3. The highest BCUT2D eigenvalue weighted by molar-refractivity contribution is 5.10. The Kier molecular flexibility index (Phi) is 6.88. The van der Waals surface area contributed by atoms with Crippen molar-refractivity contribution in [2.24, 2.45) is 52.3 Å². The van der Waals surface area contributed by atoms with Gasteiger partial charge in [0.2, 0.25) is 5.79 Å². The summed E-state index contributed by atoms with van der Waals surface area (Å²) >= 11 is 0. The molecule has 0 bridgehead atoms. The van der Waals surface area contributed by atoms with Crippen LogP contribution in [0.3, 0.4) is 0 Å². The van der Waals surface area contributed by atoms with Crippen molar-refractivity contribution in [1.82, 2.24) is 0 Å². The van der Waals surface area contributed by atoms with Gasteiger partial charge < -0.3 is 0 Å². The molecule has 0 saturated heterocycles. The van der Waals surface area contributed by atoms with Gasteiger partial charge in [0.1, 0.15) is 0 Å². The fraction of sp³-hybridized carbons (Fsp3) is 1.00. The van der Waals surface area contributed by atoms with Crippen molar-refractivity contribution in [3.05, 3.63) is 0 Å². The molecule has 0 aromatic carbocycles. The Morgan fingerprint density at radius 1 is 0.806 bits per heavy atom. The molecule has 31 heavy (non-hydrogen) atoms. The topological polar surface area (TPSA) is 58.9 Å². The van der Waals surface area contributed by atoms with Gasteiger partial charge in [-0.15, -0.1) is 0 Å². The molecule has 180 valence electrons. The predicted octanol–water partition coefficient (Wildman–Crippen LogP) is 7.78. The van der Waals surface area contributed by atoms with Crippen molar-refractivity contribution >= 4 is 0 Å². The molecular formula is C27H48O4. The summed E-state index contributed by atoms with van der Waals surface area (Å²) in [5.41, 5.74) is 0.814. The van der Waals surface area contributed by atoms with Crippen LogP contribution in [0.15, 0.2) is 0 Å². The average Bonchev–Trinajstić information content (AvgIpc) is 3.10. The van der Waals surface area contributed by atoms with Crippen LogP contribution in [-0.4, -0.2) is 16.3 Å². The van der Waals surface area contributed by atoms with Crippen molar-refractivity contribution in [2.75, 3.05) is 0 Å². The zero-order chi connectivity index (χ0) is 22.4. The van der Waals surface area contributed by atoms with Crippen molar-refractivity contribution in [3.8, 4) is 0 Å². The van der Waals surface area contributed by atoms with E-state index in [0.717, 1.165) is 41.9 Å². The molecule has 0 aliphatic heterocycles. The molecule has 0 heterocycles. The van der Waals surface area contributed by atoms with E-state index in [1.165, 1.54) is 57.8 Å². The smallest absolute Gasteiger partial charge is 0.233 e. The SMILES string of the molecule is CC(C)CCC[C@@H](C)C1CC[C@H]2[C@@H]3CC[C@H]4CC(OO)(OO)CC[C@]4(C)[C@H]3CC[C@]12C. The van der Waals surface area contributed by atoms with Crippen molar-refractivity contribution < 1.29 is 20.3 Å². The molecule has 4 aliphatic rings. The summed E-state index contributed by atoms with van der Waals surface area (Å²) in [5.74, 6) is 4.35.